The highest BCUT2D eigenvalue weighted by Crippen LogP contribution is 2.34. The molecule has 10 heteroatoms. The summed E-state index contributed by atoms with van der Waals surface area (Å²) in [5.41, 5.74) is 1.08. The van der Waals surface area contributed by atoms with Crippen LogP contribution in [0, 0.1) is 0 Å². The molecule has 0 aromatic carbocycles. The summed E-state index contributed by atoms with van der Waals surface area (Å²) in [5, 5.41) is 17.5. The van der Waals surface area contributed by atoms with Crippen LogP contribution in [-0.2, 0) is 10.2 Å². The predicted octanol–water partition coefficient (Wildman–Crippen LogP) is 2.72. The number of anilines is 3. The van der Waals surface area contributed by atoms with Crippen molar-refractivity contribution in [3.63, 3.8) is 0 Å². The Morgan fingerprint density at radius 1 is 1.26 bits per heavy atom. The minimum atomic E-state index is -0.689. The molecule has 0 bridgehead atoms. The van der Waals surface area contributed by atoms with Gasteiger partial charge in [0.15, 0.2) is 5.82 Å². The predicted molar refractivity (Wildman–Crippen MR) is 133 cm³/mol. The Labute approximate surface area is 199 Å². The number of aromatic nitrogens is 5. The van der Waals surface area contributed by atoms with Crippen LogP contribution in [0.2, 0.25) is 0 Å². The highest BCUT2D eigenvalue weighted by molar-refractivity contribution is 5.90. The number of nitrogens with one attached hydrogen (secondary N) is 4. The van der Waals surface area contributed by atoms with Crippen molar-refractivity contribution in [1.82, 2.24) is 35.2 Å². The number of hydrogen-bond donors (Lipinski definition) is 4. The van der Waals surface area contributed by atoms with Crippen LogP contribution < -0.4 is 20.9 Å². The van der Waals surface area contributed by atoms with E-state index in [1.807, 2.05) is 35.7 Å². The Morgan fingerprint density at radius 3 is 2.85 bits per heavy atom. The van der Waals surface area contributed by atoms with E-state index in [4.69, 9.17) is 9.97 Å². The lowest BCUT2D eigenvalue weighted by Crippen LogP contribution is -2.58. The van der Waals surface area contributed by atoms with Crippen LogP contribution in [0.4, 0.5) is 17.7 Å². The third-order valence-corrected chi connectivity index (χ3v) is 7.01. The van der Waals surface area contributed by atoms with Crippen molar-refractivity contribution < 1.29 is 4.79 Å². The molecule has 182 valence electrons. The minimum absolute atomic E-state index is 0.0366. The number of amides is 1. The Hall–Kier alpha value is -3.14. The van der Waals surface area contributed by atoms with Crippen molar-refractivity contribution in [1.29, 1.82) is 0 Å². The van der Waals surface area contributed by atoms with Crippen LogP contribution in [-0.4, -0.2) is 61.7 Å². The number of hydrogen-bond acceptors (Lipinski definition) is 7. The van der Waals surface area contributed by atoms with E-state index < -0.39 is 5.54 Å². The van der Waals surface area contributed by atoms with E-state index in [9.17, 15) is 4.79 Å². The molecule has 1 amide bonds. The van der Waals surface area contributed by atoms with Crippen molar-refractivity contribution in [2.24, 2.45) is 0 Å². The molecular formula is C24H35N9O. The first-order valence-corrected chi connectivity index (χ1v) is 12.2. The van der Waals surface area contributed by atoms with Crippen LogP contribution in [0.1, 0.15) is 59.1 Å². The third-order valence-electron chi connectivity index (χ3n) is 7.01. The van der Waals surface area contributed by atoms with Gasteiger partial charge in [0.05, 0.1) is 0 Å². The van der Waals surface area contributed by atoms with E-state index in [-0.39, 0.29) is 17.4 Å². The van der Waals surface area contributed by atoms with Crippen molar-refractivity contribution in [3.05, 3.63) is 30.1 Å². The minimum Gasteiger partial charge on any atom is -0.350 e. The van der Waals surface area contributed by atoms with E-state index in [0.29, 0.717) is 17.7 Å². The fourth-order valence-corrected chi connectivity index (χ4v) is 4.85. The molecule has 34 heavy (non-hydrogen) atoms. The first-order chi connectivity index (χ1) is 16.2. The quantitative estimate of drug-likeness (QED) is 0.458. The van der Waals surface area contributed by atoms with E-state index >= 15 is 0 Å². The summed E-state index contributed by atoms with van der Waals surface area (Å²) in [6.07, 6.45) is 5.70. The molecule has 3 aromatic heterocycles. The molecule has 4 N–H and O–H groups in total. The molecule has 2 saturated heterocycles. The number of piperidine rings is 1. The van der Waals surface area contributed by atoms with Crippen LogP contribution in [0.25, 0.3) is 5.65 Å². The van der Waals surface area contributed by atoms with Crippen molar-refractivity contribution in [3.8, 4) is 0 Å². The second kappa shape index (κ2) is 8.57. The van der Waals surface area contributed by atoms with Gasteiger partial charge in [-0.15, -0.1) is 0 Å². The van der Waals surface area contributed by atoms with Gasteiger partial charge in [-0.25, -0.2) is 0 Å². The summed E-state index contributed by atoms with van der Waals surface area (Å²) in [6, 6.07) is 6.06. The molecule has 2 aliphatic rings. The van der Waals surface area contributed by atoms with Gasteiger partial charge in [-0.1, -0.05) is 20.8 Å². The van der Waals surface area contributed by atoms with Crippen molar-refractivity contribution in [2.75, 3.05) is 29.9 Å². The monoisotopic (exact) mass is 465 g/mol. The Kier molecular flexibility index (Phi) is 5.71. The maximum absolute atomic E-state index is 13.4. The molecular weight excluding hydrogens is 430 g/mol. The summed E-state index contributed by atoms with van der Waals surface area (Å²) in [7, 11) is 0. The molecule has 2 atom stereocenters. The first kappa shape index (κ1) is 22.6. The fraction of sp³-hybridized carbons (Fsp3) is 0.583. The maximum atomic E-state index is 13.4. The molecule has 5 heterocycles. The van der Waals surface area contributed by atoms with Gasteiger partial charge in [0.25, 0.3) is 0 Å². The zero-order valence-corrected chi connectivity index (χ0v) is 20.5. The smallest absolute Gasteiger partial charge is 0.245 e. The molecule has 0 spiro atoms. The summed E-state index contributed by atoms with van der Waals surface area (Å²) in [6.45, 7) is 11.0. The topological polar surface area (TPSA) is 115 Å². The summed E-state index contributed by atoms with van der Waals surface area (Å²) < 4.78 is 1.90. The summed E-state index contributed by atoms with van der Waals surface area (Å²) >= 11 is 0. The average Bonchev–Trinajstić information content (AvgIpc) is 3.54. The molecule has 0 aliphatic carbocycles. The summed E-state index contributed by atoms with van der Waals surface area (Å²) in [5.74, 6) is 1.91. The lowest BCUT2D eigenvalue weighted by atomic mass is 9.92. The van der Waals surface area contributed by atoms with Crippen LogP contribution >= 0.6 is 0 Å². The standard InChI is InChI=1S/C24H35N9O/c1-23(2,3)17-14-18(31-30-17)27-21-29-22(28-19-9-6-12-32(19)21)33-13-7-10-24(33,4)20(34)26-16-8-5-11-25-15-16/h6,9,12,14,16,25H,5,7-8,10-11,13,15H2,1-4H3,(H,26,34)(H2,27,28,29,30,31)/t16-,24+/m1/s1. The first-order valence-electron chi connectivity index (χ1n) is 12.2. The Morgan fingerprint density at radius 2 is 2.12 bits per heavy atom. The van der Waals surface area contributed by atoms with Gasteiger partial charge in [-0.2, -0.15) is 15.1 Å². The second-order valence-electron chi connectivity index (χ2n) is 10.7. The van der Waals surface area contributed by atoms with Crippen molar-refractivity contribution in [2.45, 2.75) is 70.4 Å². The molecule has 0 unspecified atom stereocenters. The maximum Gasteiger partial charge on any atom is 0.245 e. The van der Waals surface area contributed by atoms with Gasteiger partial charge in [0.2, 0.25) is 17.8 Å². The number of carbonyl (C=O) groups excluding carboxylic acids is 1. The molecule has 10 nitrogen and oxygen atoms in total. The molecule has 2 aliphatic heterocycles. The molecule has 5 rings (SSSR count). The van der Waals surface area contributed by atoms with E-state index in [1.165, 1.54) is 0 Å². The highest BCUT2D eigenvalue weighted by Gasteiger charge is 2.45. The SMILES string of the molecule is CC(C)(C)c1cc(Nc2nc(N3CCC[C@@]3(C)C(=O)N[C@@H]3CCCNC3)nc3cccn23)n[nH]1. The Balaban J connectivity index is 1.44. The zero-order valence-electron chi connectivity index (χ0n) is 20.5. The van der Waals surface area contributed by atoms with Crippen molar-refractivity contribution >= 4 is 29.3 Å². The van der Waals surface area contributed by atoms with Crippen LogP contribution in [0.3, 0.4) is 0 Å². The Bertz CT molecular complexity index is 1170. The van der Waals surface area contributed by atoms with E-state index in [1.54, 1.807) is 0 Å². The third kappa shape index (κ3) is 4.22. The largest absolute Gasteiger partial charge is 0.350 e. The van der Waals surface area contributed by atoms with Crippen LogP contribution in [0.5, 0.6) is 0 Å². The average molecular weight is 466 g/mol. The fourth-order valence-electron chi connectivity index (χ4n) is 4.85. The second-order valence-corrected chi connectivity index (χ2v) is 10.7. The van der Waals surface area contributed by atoms with Gasteiger partial charge in [-0.05, 0) is 51.3 Å². The van der Waals surface area contributed by atoms with Gasteiger partial charge < -0.3 is 20.9 Å². The number of carbonyl (C=O) groups is 1. The summed E-state index contributed by atoms with van der Waals surface area (Å²) in [4.78, 5) is 25.2. The number of H-pyrrole nitrogens is 1. The van der Waals surface area contributed by atoms with E-state index in [0.717, 1.165) is 56.7 Å². The number of nitrogens with zero attached hydrogens (tertiary/aromatic N) is 5. The lowest BCUT2D eigenvalue weighted by molar-refractivity contribution is -0.126. The number of rotatable bonds is 5. The normalized spacial score (nSPS) is 23.4. The van der Waals surface area contributed by atoms with Gasteiger partial charge >= 0.3 is 0 Å². The van der Waals surface area contributed by atoms with Crippen LogP contribution in [0.15, 0.2) is 24.4 Å². The van der Waals surface area contributed by atoms with E-state index in [2.05, 4.69) is 51.8 Å². The number of fused-ring (bicyclic) bond motifs is 1. The molecule has 3 aromatic rings. The molecule has 2 fully saturated rings. The zero-order chi connectivity index (χ0) is 23.9. The van der Waals surface area contributed by atoms with Gasteiger partial charge in [-0.3, -0.25) is 14.3 Å². The lowest BCUT2D eigenvalue weighted by Gasteiger charge is -2.36. The van der Waals surface area contributed by atoms with Gasteiger partial charge in [0.1, 0.15) is 11.2 Å². The number of aromatic amines is 1. The molecule has 0 saturated carbocycles. The molecule has 0 radical (unpaired) electrons. The van der Waals surface area contributed by atoms with Gasteiger partial charge in [0, 0.05) is 42.5 Å². The highest BCUT2D eigenvalue weighted by atomic mass is 16.2.